The van der Waals surface area contributed by atoms with E-state index in [1.807, 2.05) is 103 Å². The highest BCUT2D eigenvalue weighted by atomic mass is 16.3. The first-order valence-electron chi connectivity index (χ1n) is 34.9. The quantitative estimate of drug-likeness (QED) is 0.133. The number of para-hydroxylation sites is 5. The Hall–Kier alpha value is -14.8. The van der Waals surface area contributed by atoms with Crippen LogP contribution in [0, 0.1) is 22.7 Å². The van der Waals surface area contributed by atoms with Crippen LogP contribution in [0.4, 0.5) is 0 Å². The van der Waals surface area contributed by atoms with E-state index in [4.69, 9.17) is 24.4 Å². The minimum atomic E-state index is 0.557. The molecule has 0 aliphatic heterocycles. The molecule has 0 aliphatic rings. The van der Waals surface area contributed by atoms with Crippen LogP contribution in [-0.4, -0.2) is 38.2 Å². The fourth-order valence-corrected chi connectivity index (χ4v) is 16.0. The summed E-state index contributed by atoms with van der Waals surface area (Å²) in [7, 11) is 0. The van der Waals surface area contributed by atoms with Crippen molar-refractivity contribution in [3.8, 4) is 103 Å². The van der Waals surface area contributed by atoms with Crippen LogP contribution in [-0.2, 0) is 0 Å². The number of hydrogen-bond acceptors (Lipinski definition) is 7. The van der Waals surface area contributed by atoms with Crippen LogP contribution < -0.4 is 0 Å². The zero-order valence-corrected chi connectivity index (χ0v) is 56.1. The van der Waals surface area contributed by atoms with Crippen LogP contribution in [0.2, 0.25) is 0 Å². The van der Waals surface area contributed by atoms with Crippen LogP contribution in [0.5, 0.6) is 0 Å². The summed E-state index contributed by atoms with van der Waals surface area (Å²) in [6, 6.07) is 119. The first-order valence-corrected chi connectivity index (χ1v) is 34.9. The minimum absolute atomic E-state index is 0.557. The molecule has 0 unspecified atom stereocenters. The Bertz CT molecular complexity index is 7290. The highest BCUT2D eigenvalue weighted by Crippen LogP contribution is 2.45. The van der Waals surface area contributed by atoms with Crippen molar-refractivity contribution in [2.45, 2.75) is 0 Å². The van der Waals surface area contributed by atoms with Gasteiger partial charge in [-0.05, 0) is 150 Å². The van der Waals surface area contributed by atoms with E-state index in [-0.39, 0.29) is 0 Å². The van der Waals surface area contributed by atoms with Gasteiger partial charge in [-0.1, -0.05) is 200 Å². The van der Waals surface area contributed by atoms with E-state index in [9.17, 15) is 10.5 Å². The SMILES string of the molecule is N#Cc1ccc(-c2cc(-c3ccccc3)nc(-n3c4ccccc4c4cc(-c5ccc6c(c5)c5ccccc5n6-c5cc(-n6c7ccccc7c7cc(-c8ccc9c(c8)c8ccccc8n9-c8nc(-c9ccccc9)cc(-c9ccc(C#N)cc9)n8)ccc76)c6oc7ccccc7c6c5)ccc43)n2)cc1. The number of fused-ring (bicyclic) bond motifs is 15. The van der Waals surface area contributed by atoms with Gasteiger partial charge in [-0.3, -0.25) is 9.13 Å². The van der Waals surface area contributed by atoms with Crippen molar-refractivity contribution in [1.82, 2.24) is 38.2 Å². The normalized spacial score (nSPS) is 11.8. The predicted octanol–water partition coefficient (Wildman–Crippen LogP) is 23.3. The minimum Gasteiger partial charge on any atom is -0.454 e. The molecule has 0 fully saturated rings. The predicted molar refractivity (Wildman–Crippen MR) is 424 cm³/mol. The third-order valence-electron chi connectivity index (χ3n) is 20.9. The molecule has 14 aromatic carbocycles. The molecule has 0 aliphatic carbocycles. The number of furan rings is 1. The summed E-state index contributed by atoms with van der Waals surface area (Å²) in [6.07, 6.45) is 0. The lowest BCUT2D eigenvalue weighted by Crippen LogP contribution is -2.04. The van der Waals surface area contributed by atoms with Gasteiger partial charge < -0.3 is 13.6 Å². The molecular weight excluding hydrogens is 1290 g/mol. The second-order valence-corrected chi connectivity index (χ2v) is 26.8. The molecule has 7 heterocycles. The Morgan fingerprint density at radius 2 is 0.552 bits per heavy atom. The maximum absolute atomic E-state index is 9.65. The van der Waals surface area contributed by atoms with Gasteiger partial charge in [-0.15, -0.1) is 0 Å². The summed E-state index contributed by atoms with van der Waals surface area (Å²) in [5, 5.41) is 30.3. The maximum atomic E-state index is 9.65. The van der Waals surface area contributed by atoms with Crippen molar-refractivity contribution in [3.05, 3.63) is 339 Å². The Morgan fingerprint density at radius 1 is 0.238 bits per heavy atom. The number of benzene rings is 14. The van der Waals surface area contributed by atoms with E-state index in [1.165, 1.54) is 0 Å². The molecule has 11 nitrogen and oxygen atoms in total. The van der Waals surface area contributed by atoms with Gasteiger partial charge in [0.2, 0.25) is 11.9 Å². The second kappa shape index (κ2) is 23.4. The molecule has 486 valence electrons. The molecule has 105 heavy (non-hydrogen) atoms. The zero-order chi connectivity index (χ0) is 69.4. The third-order valence-corrected chi connectivity index (χ3v) is 20.9. The Labute approximate surface area is 600 Å². The van der Waals surface area contributed by atoms with Crippen molar-refractivity contribution < 1.29 is 4.42 Å². The number of hydrogen-bond donors (Lipinski definition) is 0. The lowest BCUT2D eigenvalue weighted by Gasteiger charge is -2.14. The molecule has 21 aromatic rings. The summed E-state index contributed by atoms with van der Waals surface area (Å²) in [4.78, 5) is 21.1. The summed E-state index contributed by atoms with van der Waals surface area (Å²) >= 11 is 0. The van der Waals surface area contributed by atoms with Gasteiger partial charge >= 0.3 is 0 Å². The van der Waals surface area contributed by atoms with Crippen LogP contribution in [0.1, 0.15) is 11.1 Å². The van der Waals surface area contributed by atoms with Gasteiger partial charge in [0.25, 0.3) is 0 Å². The van der Waals surface area contributed by atoms with Crippen molar-refractivity contribution in [1.29, 1.82) is 10.5 Å². The maximum Gasteiger partial charge on any atom is 0.235 e. The van der Waals surface area contributed by atoms with Gasteiger partial charge in [0.05, 0.1) is 95.9 Å². The molecule has 7 aromatic heterocycles. The molecule has 11 heteroatoms. The van der Waals surface area contributed by atoms with Gasteiger partial charge in [0.15, 0.2) is 5.58 Å². The molecular formula is C94H54N10O. The average Bonchev–Trinajstić information content (AvgIpc) is 1.57. The summed E-state index contributed by atoms with van der Waals surface area (Å²) in [5.41, 5.74) is 24.2. The lowest BCUT2D eigenvalue weighted by molar-refractivity contribution is 0.666. The van der Waals surface area contributed by atoms with Crippen LogP contribution in [0.15, 0.2) is 332 Å². The highest BCUT2D eigenvalue weighted by Gasteiger charge is 2.25. The Morgan fingerprint density at radius 3 is 0.962 bits per heavy atom. The molecule has 0 spiro atoms. The summed E-state index contributed by atoms with van der Waals surface area (Å²) in [6.45, 7) is 0. The van der Waals surface area contributed by atoms with E-state index in [2.05, 4.69) is 255 Å². The van der Waals surface area contributed by atoms with Gasteiger partial charge in [0.1, 0.15) is 5.58 Å². The molecule has 0 amide bonds. The standard InChI is InChI=1S/C94H54N10O/c95-55-57-31-35-61(36-32-57)80-53-78(59-17-3-1-4-18-59)97-93(99-80)103-84-28-14-9-23-70(84)75-49-65(41-45-88(75)103)63-39-43-86-73(47-63)68-21-7-12-26-82(68)101(86)67-51-77-72-25-11-16-30-91(72)105-92(77)90(52-67)102-83-27-13-8-22-69(83)74-48-64(40-44-87(74)102)66-42-46-89-76(50-66)71-24-10-15-29-85(71)104(89)94-98-79(60-19-5-2-6-20-60)54-81(100-94)62-37-33-58(56-96)34-38-62/h1-54H. The molecule has 21 rings (SSSR count). The monoisotopic (exact) mass is 1340 g/mol. The molecule has 0 bridgehead atoms. The number of nitrogens with zero attached hydrogens (tertiary/aromatic N) is 10. The molecule has 0 saturated heterocycles. The number of nitriles is 2. The van der Waals surface area contributed by atoms with E-state index < -0.39 is 0 Å². The first kappa shape index (κ1) is 59.1. The largest absolute Gasteiger partial charge is 0.454 e. The van der Waals surface area contributed by atoms with Crippen LogP contribution >= 0.6 is 0 Å². The first-order chi connectivity index (χ1) is 51.9. The van der Waals surface area contributed by atoms with Gasteiger partial charge in [-0.25, -0.2) is 19.9 Å². The number of rotatable bonds is 10. The fourth-order valence-electron chi connectivity index (χ4n) is 16.0. The summed E-state index contributed by atoms with van der Waals surface area (Å²) in [5.74, 6) is 1.12. The Kier molecular flexibility index (Phi) is 13.2. The van der Waals surface area contributed by atoms with Crippen molar-refractivity contribution >= 4 is 109 Å². The van der Waals surface area contributed by atoms with E-state index in [0.717, 1.165) is 188 Å². The highest BCUT2D eigenvalue weighted by molar-refractivity contribution is 6.17. The van der Waals surface area contributed by atoms with E-state index in [1.54, 1.807) is 0 Å². The third kappa shape index (κ3) is 9.43. The van der Waals surface area contributed by atoms with Gasteiger partial charge in [0, 0.05) is 81.8 Å². The van der Waals surface area contributed by atoms with Crippen molar-refractivity contribution in [3.63, 3.8) is 0 Å². The average molecular weight is 1340 g/mol. The van der Waals surface area contributed by atoms with Crippen LogP contribution in [0.25, 0.3) is 200 Å². The molecule has 0 N–H and O–H groups in total. The van der Waals surface area contributed by atoms with Crippen LogP contribution in [0.3, 0.4) is 0 Å². The smallest absolute Gasteiger partial charge is 0.235 e. The zero-order valence-electron chi connectivity index (χ0n) is 56.1. The molecule has 0 atom stereocenters. The summed E-state index contributed by atoms with van der Waals surface area (Å²) < 4.78 is 16.2. The van der Waals surface area contributed by atoms with E-state index >= 15 is 0 Å². The fraction of sp³-hybridized carbons (Fsp3) is 0. The number of aromatic nitrogens is 8. The molecule has 0 radical (unpaired) electrons. The van der Waals surface area contributed by atoms with E-state index in [0.29, 0.717) is 23.0 Å². The Balaban J connectivity index is 0.692. The molecule has 0 saturated carbocycles. The van der Waals surface area contributed by atoms with Crippen molar-refractivity contribution in [2.75, 3.05) is 0 Å². The van der Waals surface area contributed by atoms with Gasteiger partial charge in [-0.2, -0.15) is 10.5 Å². The van der Waals surface area contributed by atoms with Crippen molar-refractivity contribution in [2.24, 2.45) is 0 Å². The topological polar surface area (TPSA) is 132 Å². The second-order valence-electron chi connectivity index (χ2n) is 26.8. The lowest BCUT2D eigenvalue weighted by atomic mass is 10.0.